The molecule has 0 aliphatic heterocycles. The molecular formula is C23H21FN4O2S2. The number of carbonyl (C=O) groups is 1. The van der Waals surface area contributed by atoms with Crippen LogP contribution in [0.5, 0.6) is 5.75 Å². The van der Waals surface area contributed by atoms with Crippen LogP contribution in [0.1, 0.15) is 11.8 Å². The quantitative estimate of drug-likeness (QED) is 0.352. The minimum absolute atomic E-state index is 0.130. The number of thioether (sulfide) groups is 1. The van der Waals surface area contributed by atoms with Crippen LogP contribution in [-0.4, -0.2) is 33.0 Å². The van der Waals surface area contributed by atoms with Gasteiger partial charge in [-0.3, -0.25) is 9.36 Å². The minimum Gasteiger partial charge on any atom is -0.494 e. The molecule has 0 aliphatic carbocycles. The lowest BCUT2D eigenvalue weighted by atomic mass is 10.2. The van der Waals surface area contributed by atoms with E-state index in [9.17, 15) is 9.18 Å². The van der Waals surface area contributed by atoms with Crippen LogP contribution in [0, 0.1) is 5.82 Å². The first-order chi connectivity index (χ1) is 15.7. The molecule has 0 spiro atoms. The second kappa shape index (κ2) is 10.4. The molecule has 0 aliphatic rings. The van der Waals surface area contributed by atoms with Crippen molar-refractivity contribution >= 4 is 29.0 Å². The van der Waals surface area contributed by atoms with E-state index in [0.29, 0.717) is 29.8 Å². The van der Waals surface area contributed by atoms with Gasteiger partial charge in [-0.05, 0) is 54.8 Å². The summed E-state index contributed by atoms with van der Waals surface area (Å²) >= 11 is 2.80. The van der Waals surface area contributed by atoms with Crippen molar-refractivity contribution in [2.45, 2.75) is 18.6 Å². The lowest BCUT2D eigenvalue weighted by Crippen LogP contribution is -2.24. The third kappa shape index (κ3) is 5.17. The molecule has 9 heteroatoms. The highest BCUT2D eigenvalue weighted by Gasteiger charge is 2.19. The van der Waals surface area contributed by atoms with Gasteiger partial charge in [-0.25, -0.2) is 4.39 Å². The van der Waals surface area contributed by atoms with E-state index in [4.69, 9.17) is 4.74 Å². The Labute approximate surface area is 193 Å². The molecule has 2 heterocycles. The lowest BCUT2D eigenvalue weighted by molar-refractivity contribution is -0.118. The first kappa shape index (κ1) is 22.0. The normalized spacial score (nSPS) is 10.8. The second-order valence-corrected chi connectivity index (χ2v) is 8.67. The molecule has 0 saturated heterocycles. The van der Waals surface area contributed by atoms with Gasteiger partial charge in [0.1, 0.15) is 11.6 Å². The summed E-state index contributed by atoms with van der Waals surface area (Å²) in [6.07, 6.45) is 0. The number of ether oxygens (including phenoxy) is 1. The van der Waals surface area contributed by atoms with Crippen molar-refractivity contribution in [1.29, 1.82) is 0 Å². The maximum absolute atomic E-state index is 14.7. The molecule has 32 heavy (non-hydrogen) atoms. The molecule has 0 saturated carbocycles. The van der Waals surface area contributed by atoms with Crippen LogP contribution >= 0.6 is 23.1 Å². The molecule has 164 valence electrons. The molecule has 0 radical (unpaired) electrons. The minimum atomic E-state index is -0.400. The van der Waals surface area contributed by atoms with Crippen molar-refractivity contribution < 1.29 is 13.9 Å². The number of thiophene rings is 1. The smallest absolute Gasteiger partial charge is 0.230 e. The summed E-state index contributed by atoms with van der Waals surface area (Å²) in [7, 11) is 0. The van der Waals surface area contributed by atoms with Crippen LogP contribution in [0.4, 0.5) is 4.39 Å². The van der Waals surface area contributed by atoms with Crippen molar-refractivity contribution in [3.8, 4) is 22.8 Å². The van der Waals surface area contributed by atoms with Crippen molar-refractivity contribution in [3.63, 3.8) is 0 Å². The number of para-hydroxylation sites is 1. The van der Waals surface area contributed by atoms with Crippen LogP contribution in [0.25, 0.3) is 17.1 Å². The van der Waals surface area contributed by atoms with E-state index in [1.54, 1.807) is 34.1 Å². The largest absolute Gasteiger partial charge is 0.494 e. The molecule has 6 nitrogen and oxygen atoms in total. The Bertz CT molecular complexity index is 1180. The molecule has 0 atom stereocenters. The summed E-state index contributed by atoms with van der Waals surface area (Å²) < 4.78 is 21.8. The number of hydrogen-bond donors (Lipinski definition) is 1. The van der Waals surface area contributed by atoms with Gasteiger partial charge in [-0.15, -0.1) is 21.5 Å². The van der Waals surface area contributed by atoms with Crippen molar-refractivity contribution in [2.24, 2.45) is 0 Å². The molecule has 0 bridgehead atoms. The average Bonchev–Trinajstić information content (AvgIpc) is 3.47. The van der Waals surface area contributed by atoms with E-state index in [-0.39, 0.29) is 11.7 Å². The van der Waals surface area contributed by atoms with Crippen LogP contribution in [0.3, 0.4) is 0 Å². The van der Waals surface area contributed by atoms with Gasteiger partial charge in [-0.2, -0.15) is 0 Å². The lowest BCUT2D eigenvalue weighted by Gasteiger charge is -2.12. The van der Waals surface area contributed by atoms with Crippen LogP contribution in [0.15, 0.2) is 71.2 Å². The third-order valence-electron chi connectivity index (χ3n) is 4.52. The van der Waals surface area contributed by atoms with Gasteiger partial charge in [0.05, 0.1) is 24.6 Å². The first-order valence-electron chi connectivity index (χ1n) is 10.0. The summed E-state index contributed by atoms with van der Waals surface area (Å²) in [6, 6.07) is 17.7. The Morgan fingerprint density at radius 1 is 1.12 bits per heavy atom. The van der Waals surface area contributed by atoms with Crippen molar-refractivity contribution in [2.75, 3.05) is 12.4 Å². The van der Waals surface area contributed by atoms with Gasteiger partial charge in [0, 0.05) is 10.4 Å². The van der Waals surface area contributed by atoms with Gasteiger partial charge in [0.2, 0.25) is 5.91 Å². The Kier molecular flexibility index (Phi) is 7.18. The standard InChI is InChI=1S/C23H21FN4O2S2/c1-2-30-17-11-9-16(10-12-17)22-26-27-23(28(22)20-8-4-3-7-19(20)24)32-15-21(29)25-14-18-6-5-13-31-18/h3-13H,2,14-15H2,1H3,(H,25,29). The maximum atomic E-state index is 14.7. The highest BCUT2D eigenvalue weighted by Crippen LogP contribution is 2.30. The predicted molar refractivity (Wildman–Crippen MR) is 125 cm³/mol. The van der Waals surface area contributed by atoms with Gasteiger partial charge in [0.15, 0.2) is 11.0 Å². The highest BCUT2D eigenvalue weighted by molar-refractivity contribution is 7.99. The number of halogens is 1. The van der Waals surface area contributed by atoms with Gasteiger partial charge in [0.25, 0.3) is 0 Å². The Hall–Kier alpha value is -3.17. The van der Waals surface area contributed by atoms with Gasteiger partial charge in [-0.1, -0.05) is 30.0 Å². The maximum Gasteiger partial charge on any atom is 0.230 e. The number of benzene rings is 2. The SMILES string of the molecule is CCOc1ccc(-c2nnc(SCC(=O)NCc3cccs3)n2-c2ccccc2F)cc1. The fraction of sp³-hybridized carbons (Fsp3) is 0.174. The number of nitrogens with one attached hydrogen (secondary N) is 1. The Balaban J connectivity index is 1.58. The summed E-state index contributed by atoms with van der Waals surface area (Å²) in [5.74, 6) is 0.837. The topological polar surface area (TPSA) is 69.0 Å². The predicted octanol–water partition coefficient (Wildman–Crippen LogP) is 4.94. The van der Waals surface area contributed by atoms with E-state index in [0.717, 1.165) is 16.2 Å². The first-order valence-corrected chi connectivity index (χ1v) is 11.9. The molecule has 4 rings (SSSR count). The number of hydrogen-bond acceptors (Lipinski definition) is 6. The zero-order valence-corrected chi connectivity index (χ0v) is 19.0. The monoisotopic (exact) mass is 468 g/mol. The highest BCUT2D eigenvalue weighted by atomic mass is 32.2. The van der Waals surface area contributed by atoms with E-state index < -0.39 is 5.82 Å². The molecule has 2 aromatic carbocycles. The number of rotatable bonds is 9. The third-order valence-corrected chi connectivity index (χ3v) is 6.33. The van der Waals surface area contributed by atoms with Crippen molar-refractivity contribution in [3.05, 3.63) is 76.7 Å². The van der Waals surface area contributed by atoms with Crippen molar-refractivity contribution in [1.82, 2.24) is 20.1 Å². The van der Waals surface area contributed by atoms with E-state index in [1.165, 1.54) is 17.8 Å². The number of amides is 1. The summed E-state index contributed by atoms with van der Waals surface area (Å²) in [5, 5.41) is 13.8. The number of carbonyl (C=O) groups excluding carboxylic acids is 1. The molecule has 2 aromatic heterocycles. The van der Waals surface area contributed by atoms with E-state index in [2.05, 4.69) is 15.5 Å². The van der Waals surface area contributed by atoms with E-state index in [1.807, 2.05) is 48.7 Å². The molecule has 1 amide bonds. The van der Waals surface area contributed by atoms with Crippen LogP contribution in [-0.2, 0) is 11.3 Å². The Morgan fingerprint density at radius 3 is 2.66 bits per heavy atom. The van der Waals surface area contributed by atoms with Crippen LogP contribution in [0.2, 0.25) is 0 Å². The summed E-state index contributed by atoms with van der Waals surface area (Å²) in [6.45, 7) is 2.97. The fourth-order valence-corrected chi connectivity index (χ4v) is 4.47. The number of aromatic nitrogens is 3. The molecule has 1 N–H and O–H groups in total. The second-order valence-electron chi connectivity index (χ2n) is 6.70. The zero-order valence-electron chi connectivity index (χ0n) is 17.3. The summed E-state index contributed by atoms with van der Waals surface area (Å²) in [4.78, 5) is 13.4. The number of nitrogens with zero attached hydrogens (tertiary/aromatic N) is 3. The molecule has 4 aromatic rings. The van der Waals surface area contributed by atoms with Gasteiger partial charge < -0.3 is 10.1 Å². The average molecular weight is 469 g/mol. The van der Waals surface area contributed by atoms with Gasteiger partial charge >= 0.3 is 0 Å². The fourth-order valence-electron chi connectivity index (χ4n) is 3.05. The Morgan fingerprint density at radius 2 is 1.94 bits per heavy atom. The molecular weight excluding hydrogens is 447 g/mol. The summed E-state index contributed by atoms with van der Waals surface area (Å²) in [5.41, 5.74) is 1.08. The van der Waals surface area contributed by atoms with E-state index >= 15 is 0 Å². The van der Waals surface area contributed by atoms with Crippen LogP contribution < -0.4 is 10.1 Å². The zero-order chi connectivity index (χ0) is 22.3. The molecule has 0 unspecified atom stereocenters. The molecule has 0 fully saturated rings.